The summed E-state index contributed by atoms with van der Waals surface area (Å²) in [7, 11) is 1.44. The highest BCUT2D eigenvalue weighted by Gasteiger charge is 2.12. The molecule has 0 aliphatic carbocycles. The van der Waals surface area contributed by atoms with E-state index < -0.39 is 11.7 Å². The highest BCUT2D eigenvalue weighted by Crippen LogP contribution is 2.19. The predicted molar refractivity (Wildman–Crippen MR) is 78.5 cm³/mol. The number of methoxy groups -OCH3 is 1. The number of hydrogen-bond acceptors (Lipinski definition) is 3. The highest BCUT2D eigenvalue weighted by atomic mass is 19.1. The van der Waals surface area contributed by atoms with Crippen molar-refractivity contribution < 1.29 is 18.7 Å². The van der Waals surface area contributed by atoms with Crippen LogP contribution in [0.25, 0.3) is 0 Å². The van der Waals surface area contributed by atoms with E-state index in [1.165, 1.54) is 25.3 Å². The van der Waals surface area contributed by atoms with Gasteiger partial charge in [0.25, 0.3) is 5.91 Å². The van der Waals surface area contributed by atoms with E-state index in [0.717, 1.165) is 0 Å². The fourth-order valence-corrected chi connectivity index (χ4v) is 1.81. The summed E-state index contributed by atoms with van der Waals surface area (Å²) >= 11 is 0. The van der Waals surface area contributed by atoms with Crippen LogP contribution in [0.4, 0.5) is 10.1 Å². The first-order valence-electron chi connectivity index (χ1n) is 6.51. The van der Waals surface area contributed by atoms with Gasteiger partial charge < -0.3 is 14.8 Å². The van der Waals surface area contributed by atoms with Crippen molar-refractivity contribution in [3.05, 3.63) is 53.8 Å². The van der Waals surface area contributed by atoms with Crippen molar-refractivity contribution in [1.82, 2.24) is 0 Å². The van der Waals surface area contributed by atoms with E-state index in [1.54, 1.807) is 24.3 Å². The molecule has 0 radical (unpaired) electrons. The summed E-state index contributed by atoms with van der Waals surface area (Å²) in [6.45, 7) is 2.46. The van der Waals surface area contributed by atoms with E-state index in [9.17, 15) is 9.18 Å². The van der Waals surface area contributed by atoms with Crippen LogP contribution < -0.4 is 14.8 Å². The Kier molecular flexibility index (Phi) is 4.77. The first-order valence-corrected chi connectivity index (χ1v) is 6.51. The molecule has 0 atom stereocenters. The summed E-state index contributed by atoms with van der Waals surface area (Å²) in [5.41, 5.74) is 0.531. The number of nitrogens with one attached hydrogen (secondary N) is 1. The summed E-state index contributed by atoms with van der Waals surface area (Å²) in [6.07, 6.45) is 0. The molecule has 0 bridgehead atoms. The number of anilines is 1. The quantitative estimate of drug-likeness (QED) is 0.916. The Hall–Kier alpha value is -2.56. The average molecular weight is 289 g/mol. The number of ether oxygens (including phenoxy) is 2. The molecule has 0 spiro atoms. The van der Waals surface area contributed by atoms with Crippen LogP contribution in [0.1, 0.15) is 17.3 Å². The molecule has 2 aromatic carbocycles. The van der Waals surface area contributed by atoms with Crippen LogP contribution in [0.2, 0.25) is 0 Å². The van der Waals surface area contributed by atoms with Crippen molar-refractivity contribution >= 4 is 11.6 Å². The predicted octanol–water partition coefficient (Wildman–Crippen LogP) is 3.49. The summed E-state index contributed by atoms with van der Waals surface area (Å²) < 4.78 is 24.0. The van der Waals surface area contributed by atoms with Crippen LogP contribution in [0.15, 0.2) is 42.5 Å². The van der Waals surface area contributed by atoms with Crippen molar-refractivity contribution in [2.75, 3.05) is 19.0 Å². The third-order valence-corrected chi connectivity index (χ3v) is 2.84. The van der Waals surface area contributed by atoms with Gasteiger partial charge in [-0.25, -0.2) is 4.39 Å². The van der Waals surface area contributed by atoms with E-state index in [-0.39, 0.29) is 5.56 Å². The first-order chi connectivity index (χ1) is 10.1. The molecule has 2 rings (SSSR count). The zero-order valence-corrected chi connectivity index (χ0v) is 11.9. The Bertz CT molecular complexity index is 626. The largest absolute Gasteiger partial charge is 0.497 e. The number of hydrogen-bond donors (Lipinski definition) is 1. The van der Waals surface area contributed by atoms with Gasteiger partial charge in [-0.3, -0.25) is 4.79 Å². The lowest BCUT2D eigenvalue weighted by atomic mass is 10.2. The van der Waals surface area contributed by atoms with Crippen LogP contribution in [-0.4, -0.2) is 19.6 Å². The van der Waals surface area contributed by atoms with Crippen molar-refractivity contribution in [3.8, 4) is 11.5 Å². The fraction of sp³-hybridized carbons (Fsp3) is 0.188. The van der Waals surface area contributed by atoms with Crippen LogP contribution in [0.3, 0.4) is 0 Å². The van der Waals surface area contributed by atoms with Gasteiger partial charge in [0.1, 0.15) is 17.3 Å². The van der Waals surface area contributed by atoms with Crippen molar-refractivity contribution in [2.45, 2.75) is 6.92 Å². The number of carbonyl (C=O) groups is 1. The summed E-state index contributed by atoms with van der Waals surface area (Å²) in [4.78, 5) is 12.0. The second kappa shape index (κ2) is 6.74. The Labute approximate surface area is 122 Å². The monoisotopic (exact) mass is 289 g/mol. The molecule has 1 amide bonds. The summed E-state index contributed by atoms with van der Waals surface area (Å²) in [5.74, 6) is -0.0617. The Morgan fingerprint density at radius 3 is 2.38 bits per heavy atom. The molecular weight excluding hydrogens is 273 g/mol. The van der Waals surface area contributed by atoms with E-state index in [2.05, 4.69) is 5.32 Å². The molecule has 4 nitrogen and oxygen atoms in total. The third kappa shape index (κ3) is 3.72. The lowest BCUT2D eigenvalue weighted by Crippen LogP contribution is -2.13. The van der Waals surface area contributed by atoms with Gasteiger partial charge in [0, 0.05) is 11.8 Å². The van der Waals surface area contributed by atoms with Crippen molar-refractivity contribution in [1.29, 1.82) is 0 Å². The van der Waals surface area contributed by atoms with Crippen LogP contribution >= 0.6 is 0 Å². The highest BCUT2D eigenvalue weighted by molar-refractivity contribution is 6.04. The van der Waals surface area contributed by atoms with Crippen molar-refractivity contribution in [2.24, 2.45) is 0 Å². The van der Waals surface area contributed by atoms with Crippen molar-refractivity contribution in [3.63, 3.8) is 0 Å². The van der Waals surface area contributed by atoms with Gasteiger partial charge in [-0.15, -0.1) is 0 Å². The molecule has 21 heavy (non-hydrogen) atoms. The average Bonchev–Trinajstić information content (AvgIpc) is 2.49. The fourth-order valence-electron chi connectivity index (χ4n) is 1.81. The number of halogens is 1. The minimum Gasteiger partial charge on any atom is -0.497 e. The maximum absolute atomic E-state index is 13.8. The molecule has 0 saturated heterocycles. The SMILES string of the molecule is CCOc1ccc(NC(=O)c2ccc(OC)cc2F)cc1. The minimum atomic E-state index is -0.627. The lowest BCUT2D eigenvalue weighted by molar-refractivity contribution is 0.102. The molecule has 0 unspecified atom stereocenters. The Morgan fingerprint density at radius 1 is 1.14 bits per heavy atom. The molecule has 5 heteroatoms. The Morgan fingerprint density at radius 2 is 1.81 bits per heavy atom. The zero-order valence-electron chi connectivity index (χ0n) is 11.9. The number of benzene rings is 2. The maximum atomic E-state index is 13.8. The molecule has 0 heterocycles. The van der Waals surface area contributed by atoms with Gasteiger partial charge in [0.2, 0.25) is 0 Å². The normalized spacial score (nSPS) is 10.0. The van der Waals surface area contributed by atoms with E-state index in [0.29, 0.717) is 23.8 Å². The van der Waals surface area contributed by atoms with E-state index in [1.807, 2.05) is 6.92 Å². The van der Waals surface area contributed by atoms with Crippen LogP contribution in [0, 0.1) is 5.82 Å². The smallest absolute Gasteiger partial charge is 0.258 e. The number of amides is 1. The van der Waals surface area contributed by atoms with Gasteiger partial charge in [-0.1, -0.05) is 0 Å². The molecule has 0 saturated carbocycles. The maximum Gasteiger partial charge on any atom is 0.258 e. The molecule has 0 fully saturated rings. The van der Waals surface area contributed by atoms with Gasteiger partial charge in [-0.2, -0.15) is 0 Å². The summed E-state index contributed by atoms with van der Waals surface area (Å²) in [6, 6.07) is 11.0. The van der Waals surface area contributed by atoms with Gasteiger partial charge >= 0.3 is 0 Å². The summed E-state index contributed by atoms with van der Waals surface area (Å²) in [5, 5.41) is 2.63. The molecule has 0 aliphatic rings. The standard InChI is InChI=1S/C16H16FNO3/c1-3-21-12-6-4-11(5-7-12)18-16(19)14-9-8-13(20-2)10-15(14)17/h4-10H,3H2,1-2H3,(H,18,19). The topological polar surface area (TPSA) is 47.6 Å². The van der Waals surface area contributed by atoms with Crippen LogP contribution in [-0.2, 0) is 0 Å². The third-order valence-electron chi connectivity index (χ3n) is 2.84. The van der Waals surface area contributed by atoms with Gasteiger partial charge in [-0.05, 0) is 43.3 Å². The molecule has 0 aromatic heterocycles. The lowest BCUT2D eigenvalue weighted by Gasteiger charge is -2.08. The molecule has 110 valence electrons. The van der Waals surface area contributed by atoms with Crippen LogP contribution in [0.5, 0.6) is 11.5 Å². The molecule has 0 aliphatic heterocycles. The van der Waals surface area contributed by atoms with E-state index in [4.69, 9.17) is 9.47 Å². The molecular formula is C16H16FNO3. The number of carbonyl (C=O) groups excluding carboxylic acids is 1. The minimum absolute atomic E-state index is 0.0373. The second-order valence-electron chi connectivity index (χ2n) is 4.26. The van der Waals surface area contributed by atoms with Gasteiger partial charge in [0.05, 0.1) is 19.3 Å². The first kappa shape index (κ1) is 14.8. The second-order valence-corrected chi connectivity index (χ2v) is 4.26. The van der Waals surface area contributed by atoms with E-state index >= 15 is 0 Å². The molecule has 2 aromatic rings. The van der Waals surface area contributed by atoms with Gasteiger partial charge in [0.15, 0.2) is 0 Å². The molecule has 1 N–H and O–H groups in total. The number of rotatable bonds is 5. The zero-order chi connectivity index (χ0) is 15.2. The Balaban J connectivity index is 2.10.